The molecular weight excluding hydrogens is 256 g/mol. The molecule has 0 amide bonds. The fourth-order valence-corrected chi connectivity index (χ4v) is 2.87. The molecule has 106 valence electrons. The second-order valence-electron chi connectivity index (χ2n) is 5.82. The summed E-state index contributed by atoms with van der Waals surface area (Å²) in [6, 6.07) is 6.41. The molecule has 0 aliphatic heterocycles. The highest BCUT2D eigenvalue weighted by molar-refractivity contribution is 6.30. The van der Waals surface area contributed by atoms with Crippen molar-refractivity contribution < 1.29 is 0 Å². The third kappa shape index (κ3) is 3.87. The van der Waals surface area contributed by atoms with E-state index >= 15 is 0 Å². The molecule has 3 heteroatoms. The van der Waals surface area contributed by atoms with E-state index in [1.165, 1.54) is 30.5 Å². The van der Waals surface area contributed by atoms with Crippen molar-refractivity contribution in [3.05, 3.63) is 28.8 Å². The van der Waals surface area contributed by atoms with Gasteiger partial charge in [-0.05, 0) is 55.4 Å². The van der Waals surface area contributed by atoms with E-state index in [2.05, 4.69) is 31.0 Å². The Morgan fingerprint density at radius 2 is 2.16 bits per heavy atom. The van der Waals surface area contributed by atoms with Crippen molar-refractivity contribution in [1.82, 2.24) is 0 Å². The van der Waals surface area contributed by atoms with Crippen LogP contribution in [-0.4, -0.2) is 19.6 Å². The highest BCUT2D eigenvalue weighted by Gasteiger charge is 2.20. The monoisotopic (exact) mass is 280 g/mol. The number of halogens is 1. The van der Waals surface area contributed by atoms with Gasteiger partial charge < -0.3 is 10.6 Å². The number of benzene rings is 1. The quantitative estimate of drug-likeness (QED) is 0.857. The molecule has 0 bridgehead atoms. The number of hydrogen-bond donors (Lipinski definition) is 1. The molecule has 1 saturated carbocycles. The zero-order valence-corrected chi connectivity index (χ0v) is 12.8. The normalized spacial score (nSPS) is 17.1. The minimum Gasteiger partial charge on any atom is -0.374 e. The summed E-state index contributed by atoms with van der Waals surface area (Å²) < 4.78 is 0. The Morgan fingerprint density at radius 1 is 1.42 bits per heavy atom. The Hall–Kier alpha value is -0.730. The van der Waals surface area contributed by atoms with Crippen molar-refractivity contribution in [3.63, 3.8) is 0 Å². The van der Waals surface area contributed by atoms with Crippen LogP contribution in [0.1, 0.15) is 38.2 Å². The number of hydrogen-bond acceptors (Lipinski definition) is 2. The van der Waals surface area contributed by atoms with Crippen LogP contribution in [0.15, 0.2) is 18.2 Å². The van der Waals surface area contributed by atoms with E-state index < -0.39 is 0 Å². The fraction of sp³-hybridized carbons (Fsp3) is 0.625. The second kappa shape index (κ2) is 6.62. The van der Waals surface area contributed by atoms with Gasteiger partial charge in [0.25, 0.3) is 0 Å². The van der Waals surface area contributed by atoms with Crippen LogP contribution in [0.5, 0.6) is 0 Å². The summed E-state index contributed by atoms with van der Waals surface area (Å²) >= 11 is 6.13. The van der Waals surface area contributed by atoms with Crippen LogP contribution in [-0.2, 0) is 6.42 Å². The topological polar surface area (TPSA) is 29.3 Å². The number of nitrogens with two attached hydrogens (primary N) is 1. The minimum absolute atomic E-state index is 0.217. The molecule has 1 aromatic rings. The molecule has 1 atom stereocenters. The summed E-state index contributed by atoms with van der Waals surface area (Å²) in [5, 5.41) is 0.805. The Labute approximate surface area is 121 Å². The summed E-state index contributed by atoms with van der Waals surface area (Å²) in [7, 11) is 2.18. The zero-order chi connectivity index (χ0) is 13.8. The van der Waals surface area contributed by atoms with E-state index in [0.29, 0.717) is 0 Å². The molecule has 2 N–H and O–H groups in total. The fourth-order valence-electron chi connectivity index (χ4n) is 2.68. The van der Waals surface area contributed by atoms with Crippen LogP contribution in [0.3, 0.4) is 0 Å². The Bertz CT molecular complexity index is 415. The van der Waals surface area contributed by atoms with Crippen molar-refractivity contribution >= 4 is 17.3 Å². The van der Waals surface area contributed by atoms with Crippen molar-refractivity contribution in [1.29, 1.82) is 0 Å². The third-order valence-corrected chi connectivity index (χ3v) is 4.45. The molecule has 0 saturated heterocycles. The maximum atomic E-state index is 6.13. The molecule has 2 nitrogen and oxygen atoms in total. The molecule has 19 heavy (non-hydrogen) atoms. The molecule has 1 aromatic carbocycles. The summed E-state index contributed by atoms with van der Waals surface area (Å²) in [5.74, 6) is 0.869. The van der Waals surface area contributed by atoms with Gasteiger partial charge in [0.15, 0.2) is 0 Å². The van der Waals surface area contributed by atoms with E-state index in [4.69, 9.17) is 17.3 Å². The maximum Gasteiger partial charge on any atom is 0.0410 e. The van der Waals surface area contributed by atoms with Crippen molar-refractivity contribution in [3.8, 4) is 0 Å². The molecule has 0 aromatic heterocycles. The lowest BCUT2D eigenvalue weighted by molar-refractivity contribution is 0.321. The molecule has 1 fully saturated rings. The first-order valence-corrected chi connectivity index (χ1v) is 7.73. The first-order chi connectivity index (χ1) is 9.10. The van der Waals surface area contributed by atoms with Gasteiger partial charge >= 0.3 is 0 Å². The molecule has 2 rings (SSSR count). The van der Waals surface area contributed by atoms with Crippen LogP contribution in [0, 0.1) is 5.92 Å². The molecule has 0 radical (unpaired) electrons. The Balaban J connectivity index is 2.12. The lowest BCUT2D eigenvalue weighted by Gasteiger charge is -2.32. The lowest BCUT2D eigenvalue weighted by Crippen LogP contribution is -2.30. The SMILES string of the molecule is CCC(N)Cc1cc(Cl)ccc1N(C)CC1CCC1. The molecule has 0 spiro atoms. The van der Waals surface area contributed by atoms with Crippen LogP contribution in [0.4, 0.5) is 5.69 Å². The predicted octanol–water partition coefficient (Wildman–Crippen LogP) is 3.86. The van der Waals surface area contributed by atoms with Gasteiger partial charge in [-0.3, -0.25) is 0 Å². The molecule has 1 unspecified atom stereocenters. The van der Waals surface area contributed by atoms with E-state index in [1.54, 1.807) is 0 Å². The average Bonchev–Trinajstić information content (AvgIpc) is 2.33. The molecule has 1 aliphatic carbocycles. The first-order valence-electron chi connectivity index (χ1n) is 7.35. The second-order valence-corrected chi connectivity index (χ2v) is 6.26. The summed E-state index contributed by atoms with van der Waals surface area (Å²) in [4.78, 5) is 2.37. The van der Waals surface area contributed by atoms with Gasteiger partial charge in [-0.2, -0.15) is 0 Å². The molecule has 0 heterocycles. The van der Waals surface area contributed by atoms with Gasteiger partial charge in [-0.1, -0.05) is 24.9 Å². The van der Waals surface area contributed by atoms with Gasteiger partial charge in [0, 0.05) is 30.3 Å². The van der Waals surface area contributed by atoms with Gasteiger partial charge in [0.1, 0.15) is 0 Å². The Morgan fingerprint density at radius 3 is 2.74 bits per heavy atom. The average molecular weight is 281 g/mol. The van der Waals surface area contributed by atoms with E-state index in [0.717, 1.165) is 30.3 Å². The number of anilines is 1. The van der Waals surface area contributed by atoms with Crippen LogP contribution >= 0.6 is 11.6 Å². The van der Waals surface area contributed by atoms with Crippen molar-refractivity contribution in [2.45, 2.75) is 45.1 Å². The van der Waals surface area contributed by atoms with E-state index in [-0.39, 0.29) is 6.04 Å². The van der Waals surface area contributed by atoms with Crippen LogP contribution in [0.25, 0.3) is 0 Å². The van der Waals surface area contributed by atoms with E-state index in [1.807, 2.05) is 6.07 Å². The molecular formula is C16H25ClN2. The smallest absolute Gasteiger partial charge is 0.0410 e. The largest absolute Gasteiger partial charge is 0.374 e. The first kappa shape index (κ1) is 14.7. The van der Waals surface area contributed by atoms with Gasteiger partial charge in [-0.25, -0.2) is 0 Å². The molecule has 1 aliphatic rings. The minimum atomic E-state index is 0.217. The summed E-state index contributed by atoms with van der Waals surface area (Å²) in [6.07, 6.45) is 6.05. The summed E-state index contributed by atoms with van der Waals surface area (Å²) in [5.41, 5.74) is 8.67. The zero-order valence-electron chi connectivity index (χ0n) is 12.0. The Kier molecular flexibility index (Phi) is 5.12. The highest BCUT2D eigenvalue weighted by atomic mass is 35.5. The number of rotatable bonds is 6. The van der Waals surface area contributed by atoms with Crippen molar-refractivity contribution in [2.24, 2.45) is 11.7 Å². The van der Waals surface area contributed by atoms with Crippen LogP contribution in [0.2, 0.25) is 5.02 Å². The standard InChI is InChI=1S/C16H25ClN2/c1-3-15(18)10-13-9-14(17)7-8-16(13)19(2)11-12-5-4-6-12/h7-9,12,15H,3-6,10-11,18H2,1-2H3. The van der Waals surface area contributed by atoms with Gasteiger partial charge in [0.2, 0.25) is 0 Å². The lowest BCUT2D eigenvalue weighted by atomic mass is 9.85. The third-order valence-electron chi connectivity index (χ3n) is 4.22. The van der Waals surface area contributed by atoms with Crippen molar-refractivity contribution in [2.75, 3.05) is 18.5 Å². The number of nitrogens with zero attached hydrogens (tertiary/aromatic N) is 1. The van der Waals surface area contributed by atoms with Crippen LogP contribution < -0.4 is 10.6 Å². The maximum absolute atomic E-state index is 6.13. The van der Waals surface area contributed by atoms with E-state index in [9.17, 15) is 0 Å². The summed E-state index contributed by atoms with van der Waals surface area (Å²) in [6.45, 7) is 3.28. The van der Waals surface area contributed by atoms with Gasteiger partial charge in [-0.15, -0.1) is 0 Å². The van der Waals surface area contributed by atoms with Gasteiger partial charge in [0.05, 0.1) is 0 Å². The highest BCUT2D eigenvalue weighted by Crippen LogP contribution is 2.31. The predicted molar refractivity (Wildman–Crippen MR) is 84.0 cm³/mol.